The van der Waals surface area contributed by atoms with Gasteiger partial charge in [0, 0.05) is 24.2 Å². The standard InChI is InChI=1S/C22H31NO/c1-3-4-5-6-7-8-9-10-11-12-15-19-18-22(24)20-16-13-14-17-21(20)23(19)2/h8-9,13-14,16-18H,3-7,10-12,15H2,1-2H3/b9-8-. The second-order valence-corrected chi connectivity index (χ2v) is 6.64. The maximum absolute atomic E-state index is 12.2. The van der Waals surface area contributed by atoms with Crippen LogP contribution in [0.3, 0.4) is 0 Å². The maximum Gasteiger partial charge on any atom is 0.189 e. The summed E-state index contributed by atoms with van der Waals surface area (Å²) in [5.74, 6) is 0. The number of nitrogens with zero attached hydrogens (tertiary/aromatic N) is 1. The molecule has 2 nitrogen and oxygen atoms in total. The molecule has 0 aliphatic carbocycles. The molecule has 0 unspecified atom stereocenters. The number of hydrogen-bond donors (Lipinski definition) is 0. The molecule has 0 spiro atoms. The van der Waals surface area contributed by atoms with Crippen molar-refractivity contribution in [2.24, 2.45) is 7.05 Å². The van der Waals surface area contributed by atoms with Gasteiger partial charge < -0.3 is 4.57 Å². The van der Waals surface area contributed by atoms with E-state index in [2.05, 4.69) is 30.7 Å². The first-order valence-corrected chi connectivity index (χ1v) is 9.46. The summed E-state index contributed by atoms with van der Waals surface area (Å²) >= 11 is 0. The van der Waals surface area contributed by atoms with Crippen LogP contribution in [0.25, 0.3) is 10.9 Å². The van der Waals surface area contributed by atoms with Crippen molar-refractivity contribution < 1.29 is 0 Å². The van der Waals surface area contributed by atoms with Crippen LogP contribution < -0.4 is 5.43 Å². The van der Waals surface area contributed by atoms with Crippen molar-refractivity contribution in [1.82, 2.24) is 4.57 Å². The second-order valence-electron chi connectivity index (χ2n) is 6.64. The number of fused-ring (bicyclic) bond motifs is 1. The fraction of sp³-hybridized carbons (Fsp3) is 0.500. The Labute approximate surface area is 146 Å². The Bertz CT molecular complexity index is 711. The molecule has 24 heavy (non-hydrogen) atoms. The van der Waals surface area contributed by atoms with Crippen molar-refractivity contribution in [3.05, 3.63) is 58.4 Å². The predicted molar refractivity (Wildman–Crippen MR) is 105 cm³/mol. The van der Waals surface area contributed by atoms with Gasteiger partial charge in [0.25, 0.3) is 0 Å². The van der Waals surface area contributed by atoms with E-state index in [1.54, 1.807) is 0 Å². The molecule has 1 aromatic carbocycles. The van der Waals surface area contributed by atoms with Crippen LogP contribution in [0, 0.1) is 0 Å². The van der Waals surface area contributed by atoms with Crippen molar-refractivity contribution in [2.45, 2.75) is 64.7 Å². The zero-order valence-corrected chi connectivity index (χ0v) is 15.3. The van der Waals surface area contributed by atoms with Crippen LogP contribution >= 0.6 is 0 Å². The number of aryl methyl sites for hydroxylation is 2. The molecule has 1 heterocycles. The SMILES string of the molecule is CCCCCC/C=C\CCCCc1cc(=O)c2ccccc2n1C. The van der Waals surface area contributed by atoms with Gasteiger partial charge in [0.2, 0.25) is 0 Å². The van der Waals surface area contributed by atoms with E-state index in [4.69, 9.17) is 0 Å². The first-order valence-electron chi connectivity index (χ1n) is 9.46. The van der Waals surface area contributed by atoms with Gasteiger partial charge in [-0.05, 0) is 50.7 Å². The summed E-state index contributed by atoms with van der Waals surface area (Å²) in [5.41, 5.74) is 2.32. The van der Waals surface area contributed by atoms with Crippen LogP contribution in [0.5, 0.6) is 0 Å². The minimum Gasteiger partial charge on any atom is -0.347 e. The lowest BCUT2D eigenvalue weighted by molar-refractivity contribution is 0.671. The Kier molecular flexibility index (Phi) is 7.81. The summed E-state index contributed by atoms with van der Waals surface area (Å²) in [4.78, 5) is 12.2. The van der Waals surface area contributed by atoms with E-state index >= 15 is 0 Å². The molecule has 1 aromatic heterocycles. The summed E-state index contributed by atoms with van der Waals surface area (Å²) in [7, 11) is 2.06. The van der Waals surface area contributed by atoms with Gasteiger partial charge in [-0.1, -0.05) is 50.5 Å². The summed E-state index contributed by atoms with van der Waals surface area (Å²) in [6, 6.07) is 9.68. The number of aromatic nitrogens is 1. The number of unbranched alkanes of at least 4 members (excludes halogenated alkanes) is 6. The van der Waals surface area contributed by atoms with Crippen LogP contribution in [0.15, 0.2) is 47.3 Å². The number of benzene rings is 1. The molecule has 0 fully saturated rings. The predicted octanol–water partition coefficient (Wildman–Crippen LogP) is 5.78. The number of rotatable bonds is 10. The highest BCUT2D eigenvalue weighted by molar-refractivity contribution is 5.79. The minimum absolute atomic E-state index is 0.144. The van der Waals surface area contributed by atoms with Crippen LogP contribution in [-0.4, -0.2) is 4.57 Å². The fourth-order valence-corrected chi connectivity index (χ4v) is 3.19. The number of pyridine rings is 1. The lowest BCUT2D eigenvalue weighted by Gasteiger charge is -2.12. The molecule has 0 saturated heterocycles. The smallest absolute Gasteiger partial charge is 0.189 e. The molecule has 0 saturated carbocycles. The third-order valence-electron chi connectivity index (χ3n) is 4.70. The Morgan fingerprint density at radius 2 is 1.67 bits per heavy atom. The number of para-hydroxylation sites is 1. The molecule has 0 amide bonds. The molecule has 0 aliphatic rings. The van der Waals surface area contributed by atoms with Gasteiger partial charge in [0.1, 0.15) is 0 Å². The molecule has 0 atom stereocenters. The fourth-order valence-electron chi connectivity index (χ4n) is 3.19. The molecule has 0 N–H and O–H groups in total. The maximum atomic E-state index is 12.2. The molecule has 0 aliphatic heterocycles. The summed E-state index contributed by atoms with van der Waals surface area (Å²) < 4.78 is 2.17. The van der Waals surface area contributed by atoms with Gasteiger partial charge in [-0.25, -0.2) is 0 Å². The van der Waals surface area contributed by atoms with Crippen molar-refractivity contribution in [3.63, 3.8) is 0 Å². The third kappa shape index (κ3) is 5.36. The molecular weight excluding hydrogens is 294 g/mol. The van der Waals surface area contributed by atoms with Gasteiger partial charge in [-0.3, -0.25) is 4.79 Å². The van der Waals surface area contributed by atoms with E-state index in [1.807, 2.05) is 30.3 Å². The molecule has 0 radical (unpaired) electrons. The Morgan fingerprint density at radius 3 is 2.42 bits per heavy atom. The highest BCUT2D eigenvalue weighted by atomic mass is 16.1. The average Bonchev–Trinajstić information content (AvgIpc) is 2.60. The Hall–Kier alpha value is -1.83. The summed E-state index contributed by atoms with van der Waals surface area (Å²) in [5, 5.41) is 0.815. The highest BCUT2D eigenvalue weighted by Gasteiger charge is 2.05. The van der Waals surface area contributed by atoms with Crippen molar-refractivity contribution in [2.75, 3.05) is 0 Å². The van der Waals surface area contributed by atoms with Gasteiger partial charge in [-0.2, -0.15) is 0 Å². The van der Waals surface area contributed by atoms with Gasteiger partial charge >= 0.3 is 0 Å². The van der Waals surface area contributed by atoms with E-state index < -0.39 is 0 Å². The Balaban J connectivity index is 1.77. The Morgan fingerprint density at radius 1 is 0.958 bits per heavy atom. The second kappa shape index (κ2) is 10.1. The van der Waals surface area contributed by atoms with Crippen molar-refractivity contribution >= 4 is 10.9 Å². The topological polar surface area (TPSA) is 22.0 Å². The van der Waals surface area contributed by atoms with E-state index in [1.165, 1.54) is 38.5 Å². The minimum atomic E-state index is 0.144. The van der Waals surface area contributed by atoms with Crippen LogP contribution in [0.2, 0.25) is 0 Å². The van der Waals surface area contributed by atoms with E-state index in [0.717, 1.165) is 35.9 Å². The summed E-state index contributed by atoms with van der Waals surface area (Å²) in [6.45, 7) is 2.25. The number of allylic oxidation sites excluding steroid dienone is 2. The van der Waals surface area contributed by atoms with Gasteiger partial charge in [-0.15, -0.1) is 0 Å². The van der Waals surface area contributed by atoms with Crippen molar-refractivity contribution in [3.8, 4) is 0 Å². The largest absolute Gasteiger partial charge is 0.347 e. The lowest BCUT2D eigenvalue weighted by Crippen LogP contribution is -2.11. The van der Waals surface area contributed by atoms with Crippen molar-refractivity contribution in [1.29, 1.82) is 0 Å². The molecular formula is C22H31NO. The zero-order chi connectivity index (χ0) is 17.2. The van der Waals surface area contributed by atoms with Crippen LogP contribution in [-0.2, 0) is 13.5 Å². The first-order chi connectivity index (χ1) is 11.7. The van der Waals surface area contributed by atoms with Gasteiger partial charge in [0.15, 0.2) is 5.43 Å². The highest BCUT2D eigenvalue weighted by Crippen LogP contribution is 2.13. The van der Waals surface area contributed by atoms with Gasteiger partial charge in [0.05, 0.1) is 5.52 Å². The van der Waals surface area contributed by atoms with Crippen LogP contribution in [0.1, 0.15) is 64.0 Å². The van der Waals surface area contributed by atoms with Crippen LogP contribution in [0.4, 0.5) is 0 Å². The quantitative estimate of drug-likeness (QED) is 0.401. The molecule has 0 bridgehead atoms. The van der Waals surface area contributed by atoms with E-state index in [0.29, 0.717) is 0 Å². The van der Waals surface area contributed by atoms with E-state index in [9.17, 15) is 4.79 Å². The number of hydrogen-bond acceptors (Lipinski definition) is 1. The zero-order valence-electron chi connectivity index (χ0n) is 15.3. The monoisotopic (exact) mass is 325 g/mol. The molecule has 2 aromatic rings. The molecule has 130 valence electrons. The lowest BCUT2D eigenvalue weighted by atomic mass is 10.1. The molecule has 2 rings (SSSR count). The average molecular weight is 325 g/mol. The molecule has 2 heteroatoms. The van der Waals surface area contributed by atoms with E-state index in [-0.39, 0.29) is 5.43 Å². The third-order valence-corrected chi connectivity index (χ3v) is 4.70. The first kappa shape index (κ1) is 18.5. The summed E-state index contributed by atoms with van der Waals surface area (Å²) in [6.07, 6.45) is 15.7. The normalized spacial score (nSPS) is 11.6.